The SMILES string of the molecule is CC1CCN(C(=O)C2Sc3ccc(S(=O)(=O)NCCc4ccccc4)cc3NC2=O)CC1. The van der Waals surface area contributed by atoms with Crippen molar-refractivity contribution >= 4 is 39.3 Å². The molecule has 4 rings (SSSR count). The van der Waals surface area contributed by atoms with Crippen LogP contribution in [0.4, 0.5) is 5.69 Å². The van der Waals surface area contributed by atoms with E-state index in [9.17, 15) is 18.0 Å². The summed E-state index contributed by atoms with van der Waals surface area (Å²) in [6, 6.07) is 14.3. The minimum Gasteiger partial charge on any atom is -0.341 e. The molecule has 32 heavy (non-hydrogen) atoms. The Kier molecular flexibility index (Phi) is 6.88. The molecule has 1 atom stereocenters. The highest BCUT2D eigenvalue weighted by molar-refractivity contribution is 8.01. The lowest BCUT2D eigenvalue weighted by Gasteiger charge is -2.33. The van der Waals surface area contributed by atoms with Crippen LogP contribution in [-0.4, -0.2) is 50.0 Å². The maximum Gasteiger partial charge on any atom is 0.247 e. The summed E-state index contributed by atoms with van der Waals surface area (Å²) < 4.78 is 28.0. The first-order valence-corrected chi connectivity index (χ1v) is 13.1. The molecule has 2 aliphatic rings. The van der Waals surface area contributed by atoms with Gasteiger partial charge in [0.15, 0.2) is 5.25 Å². The van der Waals surface area contributed by atoms with Gasteiger partial charge in [0, 0.05) is 24.5 Å². The number of carbonyl (C=O) groups is 2. The van der Waals surface area contributed by atoms with Crippen LogP contribution < -0.4 is 10.0 Å². The van der Waals surface area contributed by atoms with E-state index in [2.05, 4.69) is 17.0 Å². The van der Waals surface area contributed by atoms with E-state index in [0.717, 1.165) is 18.4 Å². The number of anilines is 1. The molecule has 2 amide bonds. The van der Waals surface area contributed by atoms with Gasteiger partial charge < -0.3 is 10.2 Å². The first-order valence-electron chi connectivity index (χ1n) is 10.8. The van der Waals surface area contributed by atoms with Crippen LogP contribution in [0.2, 0.25) is 0 Å². The van der Waals surface area contributed by atoms with E-state index >= 15 is 0 Å². The number of nitrogens with zero attached hydrogens (tertiary/aromatic N) is 1. The van der Waals surface area contributed by atoms with E-state index in [-0.39, 0.29) is 17.3 Å². The van der Waals surface area contributed by atoms with Crippen LogP contribution in [0, 0.1) is 5.92 Å². The van der Waals surface area contributed by atoms with Crippen molar-refractivity contribution < 1.29 is 18.0 Å². The monoisotopic (exact) mass is 473 g/mol. The Bertz CT molecular complexity index is 1100. The van der Waals surface area contributed by atoms with Crippen molar-refractivity contribution in [2.45, 2.75) is 41.2 Å². The Labute approximate surface area is 193 Å². The lowest BCUT2D eigenvalue weighted by Crippen LogP contribution is -2.47. The molecule has 2 heterocycles. The highest BCUT2D eigenvalue weighted by atomic mass is 32.2. The summed E-state index contributed by atoms with van der Waals surface area (Å²) in [5.41, 5.74) is 1.46. The van der Waals surface area contributed by atoms with Gasteiger partial charge in [-0.1, -0.05) is 37.3 Å². The van der Waals surface area contributed by atoms with Crippen LogP contribution in [0.15, 0.2) is 58.3 Å². The van der Waals surface area contributed by atoms with Crippen molar-refractivity contribution in [2.24, 2.45) is 5.92 Å². The standard InChI is InChI=1S/C23H27N3O4S2/c1-16-10-13-26(14-11-16)23(28)21-22(27)25-19-15-18(7-8-20(19)31-21)32(29,30)24-12-9-17-5-3-2-4-6-17/h2-8,15-16,21,24H,9-14H2,1H3,(H,25,27). The zero-order chi connectivity index (χ0) is 22.7. The number of nitrogens with one attached hydrogen (secondary N) is 2. The van der Waals surface area contributed by atoms with E-state index in [1.807, 2.05) is 30.3 Å². The first kappa shape index (κ1) is 22.8. The molecular weight excluding hydrogens is 446 g/mol. The maximum atomic E-state index is 12.9. The van der Waals surface area contributed by atoms with Gasteiger partial charge in [-0.2, -0.15) is 0 Å². The third kappa shape index (κ3) is 5.16. The van der Waals surface area contributed by atoms with Crippen molar-refractivity contribution in [1.29, 1.82) is 0 Å². The largest absolute Gasteiger partial charge is 0.341 e. The average Bonchev–Trinajstić information content (AvgIpc) is 2.79. The minimum absolute atomic E-state index is 0.0833. The predicted molar refractivity (Wildman–Crippen MR) is 125 cm³/mol. The molecule has 9 heteroatoms. The minimum atomic E-state index is -3.72. The zero-order valence-corrected chi connectivity index (χ0v) is 19.5. The molecule has 0 spiro atoms. The first-order chi connectivity index (χ1) is 15.3. The Morgan fingerprint density at radius 1 is 1.16 bits per heavy atom. The highest BCUT2D eigenvalue weighted by Gasteiger charge is 2.37. The summed E-state index contributed by atoms with van der Waals surface area (Å²) >= 11 is 1.18. The van der Waals surface area contributed by atoms with Crippen molar-refractivity contribution in [2.75, 3.05) is 25.0 Å². The Morgan fingerprint density at radius 2 is 1.88 bits per heavy atom. The third-order valence-electron chi connectivity index (χ3n) is 5.87. The second-order valence-corrected chi connectivity index (χ2v) is 11.2. The molecule has 2 aliphatic heterocycles. The number of fused-ring (bicyclic) bond motifs is 1. The molecule has 0 saturated carbocycles. The molecule has 2 aromatic rings. The van der Waals surface area contributed by atoms with Crippen LogP contribution in [0.1, 0.15) is 25.3 Å². The fourth-order valence-electron chi connectivity index (χ4n) is 3.87. The summed E-state index contributed by atoms with van der Waals surface area (Å²) in [4.78, 5) is 28.1. The second-order valence-electron chi connectivity index (χ2n) is 8.29. The Balaban J connectivity index is 1.42. The normalized spacial score (nSPS) is 19.3. The lowest BCUT2D eigenvalue weighted by molar-refractivity contribution is -0.135. The molecule has 170 valence electrons. The number of amides is 2. The van der Waals surface area contributed by atoms with Crippen molar-refractivity contribution in [3.8, 4) is 0 Å². The van der Waals surface area contributed by atoms with Gasteiger partial charge in [0.25, 0.3) is 0 Å². The zero-order valence-electron chi connectivity index (χ0n) is 17.9. The van der Waals surface area contributed by atoms with Crippen LogP contribution in [0.25, 0.3) is 0 Å². The van der Waals surface area contributed by atoms with Crippen LogP contribution in [0.5, 0.6) is 0 Å². The van der Waals surface area contributed by atoms with Gasteiger partial charge in [0.05, 0.1) is 10.6 Å². The predicted octanol–water partition coefficient (Wildman–Crippen LogP) is 2.88. The van der Waals surface area contributed by atoms with Crippen LogP contribution >= 0.6 is 11.8 Å². The Hall–Kier alpha value is -2.36. The van der Waals surface area contributed by atoms with E-state index in [1.54, 1.807) is 11.0 Å². The number of benzene rings is 2. The molecule has 1 saturated heterocycles. The fourth-order valence-corrected chi connectivity index (χ4v) is 5.98. The maximum absolute atomic E-state index is 12.9. The van der Waals surface area contributed by atoms with E-state index < -0.39 is 21.2 Å². The smallest absolute Gasteiger partial charge is 0.247 e. The number of rotatable bonds is 6. The number of carbonyl (C=O) groups excluding carboxylic acids is 2. The van der Waals surface area contributed by atoms with Gasteiger partial charge in [-0.3, -0.25) is 9.59 Å². The topological polar surface area (TPSA) is 95.6 Å². The summed E-state index contributed by atoms with van der Waals surface area (Å²) in [6.45, 7) is 3.78. The van der Waals surface area contributed by atoms with Crippen molar-refractivity contribution in [1.82, 2.24) is 9.62 Å². The molecule has 0 radical (unpaired) electrons. The Morgan fingerprint density at radius 3 is 2.59 bits per heavy atom. The van der Waals surface area contributed by atoms with Gasteiger partial charge in [-0.25, -0.2) is 13.1 Å². The highest BCUT2D eigenvalue weighted by Crippen LogP contribution is 2.38. The number of hydrogen-bond donors (Lipinski definition) is 2. The van der Waals surface area contributed by atoms with Crippen molar-refractivity contribution in [3.05, 3.63) is 54.1 Å². The number of likely N-dealkylation sites (tertiary alicyclic amines) is 1. The molecule has 7 nitrogen and oxygen atoms in total. The number of hydrogen-bond acceptors (Lipinski definition) is 5. The summed E-state index contributed by atoms with van der Waals surface area (Å²) in [5.74, 6) is 0.0105. The van der Waals surface area contributed by atoms with E-state index in [1.165, 1.54) is 23.9 Å². The summed E-state index contributed by atoms with van der Waals surface area (Å²) in [6.07, 6.45) is 2.47. The van der Waals surface area contributed by atoms with Gasteiger partial charge in [-0.15, -0.1) is 11.8 Å². The second kappa shape index (κ2) is 9.64. The van der Waals surface area contributed by atoms with Crippen LogP contribution in [-0.2, 0) is 26.0 Å². The van der Waals surface area contributed by atoms with Gasteiger partial charge in [0.2, 0.25) is 21.8 Å². The molecule has 0 bridgehead atoms. The third-order valence-corrected chi connectivity index (χ3v) is 8.59. The quantitative estimate of drug-likeness (QED) is 0.629. The number of piperidine rings is 1. The summed E-state index contributed by atoms with van der Waals surface area (Å²) in [5, 5.41) is 1.89. The molecular formula is C23H27N3O4S2. The number of sulfonamides is 1. The molecule has 1 unspecified atom stereocenters. The molecule has 2 N–H and O–H groups in total. The number of thioether (sulfide) groups is 1. The van der Waals surface area contributed by atoms with Crippen molar-refractivity contribution in [3.63, 3.8) is 0 Å². The molecule has 0 aliphatic carbocycles. The molecule has 2 aromatic carbocycles. The summed E-state index contributed by atoms with van der Waals surface area (Å²) in [7, 11) is -3.72. The molecule has 1 fully saturated rings. The van der Waals surface area contributed by atoms with Gasteiger partial charge >= 0.3 is 0 Å². The average molecular weight is 474 g/mol. The lowest BCUT2D eigenvalue weighted by atomic mass is 9.99. The van der Waals surface area contributed by atoms with Crippen LogP contribution in [0.3, 0.4) is 0 Å². The van der Waals surface area contributed by atoms with Gasteiger partial charge in [0.1, 0.15) is 0 Å². The van der Waals surface area contributed by atoms with E-state index in [4.69, 9.17) is 0 Å². The molecule has 0 aromatic heterocycles. The van der Waals surface area contributed by atoms with Gasteiger partial charge in [-0.05, 0) is 48.9 Å². The fraction of sp³-hybridized carbons (Fsp3) is 0.391. The van der Waals surface area contributed by atoms with E-state index in [0.29, 0.717) is 36.0 Å².